The molecule has 0 unspecified atom stereocenters. The van der Waals surface area contributed by atoms with E-state index in [1.807, 2.05) is 13.0 Å². The van der Waals surface area contributed by atoms with Crippen molar-refractivity contribution in [3.05, 3.63) is 35.1 Å². The van der Waals surface area contributed by atoms with Crippen molar-refractivity contribution in [2.45, 2.75) is 32.4 Å². The first-order valence-electron chi connectivity index (χ1n) is 9.44. The van der Waals surface area contributed by atoms with Crippen LogP contribution in [-0.4, -0.2) is 63.5 Å². The van der Waals surface area contributed by atoms with E-state index in [4.69, 9.17) is 5.26 Å². The molecule has 0 spiro atoms. The van der Waals surface area contributed by atoms with Gasteiger partial charge in [-0.3, -0.25) is 0 Å². The Bertz CT molecular complexity index is 833. The van der Waals surface area contributed by atoms with Crippen LogP contribution in [0.3, 0.4) is 0 Å². The van der Waals surface area contributed by atoms with Gasteiger partial charge in [0, 0.05) is 44.0 Å². The van der Waals surface area contributed by atoms with Crippen molar-refractivity contribution in [3.8, 4) is 6.07 Å². The summed E-state index contributed by atoms with van der Waals surface area (Å²) in [7, 11) is -2.94. The average Bonchev–Trinajstić information content (AvgIpc) is 2.65. The lowest BCUT2D eigenvalue weighted by atomic mass is 10.1. The van der Waals surface area contributed by atoms with Crippen LogP contribution in [-0.2, 0) is 16.4 Å². The number of aliphatic imine (C=N–C) groups is 1. The lowest BCUT2D eigenvalue weighted by molar-refractivity contribution is 0.216. The maximum Gasteiger partial charge on any atom is 0.191 e. The minimum Gasteiger partial charge on any atom is -0.357 e. The summed E-state index contributed by atoms with van der Waals surface area (Å²) >= 11 is 0. The Morgan fingerprint density at radius 3 is 2.62 bits per heavy atom. The summed E-state index contributed by atoms with van der Waals surface area (Å²) in [6.07, 6.45) is 3.04. The zero-order valence-electron chi connectivity index (χ0n) is 16.8. The highest BCUT2D eigenvalue weighted by atomic mass is 127. The SMILES string of the molecule is CCNC(=NCc1ccc(C#N)cc1F)NC1CCN(CCS(C)(=O)=O)CC1.I. The van der Waals surface area contributed by atoms with E-state index in [9.17, 15) is 12.8 Å². The molecule has 0 radical (unpaired) electrons. The molecule has 2 rings (SSSR count). The molecule has 0 aliphatic carbocycles. The molecule has 1 aromatic rings. The summed E-state index contributed by atoms with van der Waals surface area (Å²) in [5, 5.41) is 15.4. The predicted molar refractivity (Wildman–Crippen MR) is 124 cm³/mol. The summed E-state index contributed by atoms with van der Waals surface area (Å²) in [6.45, 7) is 5.06. The van der Waals surface area contributed by atoms with Crippen LogP contribution in [0.15, 0.2) is 23.2 Å². The predicted octanol–water partition coefficient (Wildman–Crippen LogP) is 1.88. The minimum atomic E-state index is -2.94. The number of halogens is 2. The molecule has 2 N–H and O–H groups in total. The second-order valence-corrected chi connectivity index (χ2v) is 9.26. The average molecular weight is 537 g/mol. The van der Waals surface area contributed by atoms with Crippen LogP contribution >= 0.6 is 24.0 Å². The van der Waals surface area contributed by atoms with Gasteiger partial charge in [0.2, 0.25) is 0 Å². The van der Waals surface area contributed by atoms with Gasteiger partial charge < -0.3 is 15.5 Å². The zero-order valence-corrected chi connectivity index (χ0v) is 20.0. The number of hydrogen-bond acceptors (Lipinski definition) is 5. The number of guanidine groups is 1. The number of nitrogens with zero attached hydrogens (tertiary/aromatic N) is 3. The molecule has 1 aliphatic heterocycles. The Balaban J connectivity index is 0.00000420. The number of benzene rings is 1. The van der Waals surface area contributed by atoms with E-state index < -0.39 is 15.7 Å². The molecule has 0 atom stereocenters. The van der Waals surface area contributed by atoms with Crippen LogP contribution in [0.25, 0.3) is 0 Å². The molecular weight excluding hydrogens is 508 g/mol. The molecule has 7 nitrogen and oxygen atoms in total. The topological polar surface area (TPSA) is 97.6 Å². The van der Waals surface area contributed by atoms with E-state index >= 15 is 0 Å². The molecule has 1 heterocycles. The first-order valence-corrected chi connectivity index (χ1v) is 11.5. The van der Waals surface area contributed by atoms with E-state index in [0.29, 0.717) is 24.6 Å². The highest BCUT2D eigenvalue weighted by Gasteiger charge is 2.20. The van der Waals surface area contributed by atoms with Gasteiger partial charge in [-0.1, -0.05) is 6.07 Å². The number of rotatable bonds is 7. The molecule has 10 heteroatoms. The van der Waals surface area contributed by atoms with Gasteiger partial charge in [0.25, 0.3) is 0 Å². The Hall–Kier alpha value is -1.45. The number of sulfone groups is 1. The standard InChI is InChI=1S/C19H28FN5O2S.HI/c1-3-22-19(23-14-16-5-4-15(13-21)12-18(16)20)24-17-6-8-25(9-7-17)10-11-28(2,26)27;/h4-5,12,17H,3,6-11,14H2,1-2H3,(H2,22,23,24);1H. The first kappa shape index (κ1) is 25.6. The van der Waals surface area contributed by atoms with Crippen molar-refractivity contribution >= 4 is 39.8 Å². The molecular formula is C19H29FIN5O2S. The van der Waals surface area contributed by atoms with Crippen molar-refractivity contribution in [2.24, 2.45) is 4.99 Å². The van der Waals surface area contributed by atoms with E-state index in [1.165, 1.54) is 12.3 Å². The Labute approximate surface area is 189 Å². The molecule has 0 amide bonds. The summed E-state index contributed by atoms with van der Waals surface area (Å²) < 4.78 is 36.6. The lowest BCUT2D eigenvalue weighted by Gasteiger charge is -2.32. The molecule has 1 aliphatic rings. The van der Waals surface area contributed by atoms with Crippen LogP contribution < -0.4 is 10.6 Å². The highest BCUT2D eigenvalue weighted by Crippen LogP contribution is 2.12. The monoisotopic (exact) mass is 537 g/mol. The van der Waals surface area contributed by atoms with Crippen LogP contribution in [0, 0.1) is 17.1 Å². The summed E-state index contributed by atoms with van der Waals surface area (Å²) in [5.41, 5.74) is 0.727. The third kappa shape index (κ3) is 9.27. The number of likely N-dealkylation sites (tertiary alicyclic amines) is 1. The van der Waals surface area contributed by atoms with E-state index in [1.54, 1.807) is 12.1 Å². The fourth-order valence-electron chi connectivity index (χ4n) is 3.02. The van der Waals surface area contributed by atoms with Crippen molar-refractivity contribution in [2.75, 3.05) is 38.2 Å². The van der Waals surface area contributed by atoms with Crippen molar-refractivity contribution in [1.29, 1.82) is 5.26 Å². The molecule has 0 saturated carbocycles. The van der Waals surface area contributed by atoms with E-state index in [0.717, 1.165) is 25.9 Å². The number of nitrogens with one attached hydrogen (secondary N) is 2. The Morgan fingerprint density at radius 2 is 2.07 bits per heavy atom. The first-order chi connectivity index (χ1) is 13.3. The summed E-state index contributed by atoms with van der Waals surface area (Å²) in [6, 6.07) is 6.54. The Morgan fingerprint density at radius 1 is 1.38 bits per heavy atom. The van der Waals surface area contributed by atoms with Crippen LogP contribution in [0.4, 0.5) is 4.39 Å². The maximum absolute atomic E-state index is 14.0. The van der Waals surface area contributed by atoms with Gasteiger partial charge >= 0.3 is 0 Å². The third-order valence-corrected chi connectivity index (χ3v) is 5.56. The Kier molecular flexibility index (Phi) is 10.8. The van der Waals surface area contributed by atoms with Gasteiger partial charge in [-0.25, -0.2) is 17.8 Å². The maximum atomic E-state index is 14.0. The molecule has 1 aromatic carbocycles. The summed E-state index contributed by atoms with van der Waals surface area (Å²) in [5.74, 6) is 0.379. The van der Waals surface area contributed by atoms with E-state index in [-0.39, 0.29) is 47.9 Å². The molecule has 29 heavy (non-hydrogen) atoms. The molecule has 0 aromatic heterocycles. The molecule has 0 bridgehead atoms. The second-order valence-electron chi connectivity index (χ2n) is 7.00. The lowest BCUT2D eigenvalue weighted by Crippen LogP contribution is -2.49. The van der Waals surface area contributed by atoms with Gasteiger partial charge in [-0.05, 0) is 31.9 Å². The molecule has 1 saturated heterocycles. The van der Waals surface area contributed by atoms with Gasteiger partial charge in [0.1, 0.15) is 15.7 Å². The molecule has 162 valence electrons. The van der Waals surface area contributed by atoms with Crippen LogP contribution in [0.5, 0.6) is 0 Å². The normalized spacial score (nSPS) is 16.0. The fraction of sp³-hybridized carbons (Fsp3) is 0.579. The van der Waals surface area contributed by atoms with Gasteiger partial charge in [0.05, 0.1) is 23.9 Å². The largest absolute Gasteiger partial charge is 0.357 e. The highest BCUT2D eigenvalue weighted by molar-refractivity contribution is 14.0. The number of hydrogen-bond donors (Lipinski definition) is 2. The smallest absolute Gasteiger partial charge is 0.191 e. The van der Waals surface area contributed by atoms with Crippen LogP contribution in [0.2, 0.25) is 0 Å². The van der Waals surface area contributed by atoms with Crippen LogP contribution in [0.1, 0.15) is 30.9 Å². The second kappa shape index (κ2) is 12.3. The number of nitriles is 1. The molecule has 1 fully saturated rings. The minimum absolute atomic E-state index is 0. The van der Waals surface area contributed by atoms with Crippen molar-refractivity contribution < 1.29 is 12.8 Å². The third-order valence-electron chi connectivity index (χ3n) is 4.64. The fourth-order valence-corrected chi connectivity index (χ4v) is 3.61. The quantitative estimate of drug-likeness (QED) is 0.313. The van der Waals surface area contributed by atoms with E-state index in [2.05, 4.69) is 20.5 Å². The van der Waals surface area contributed by atoms with Gasteiger partial charge in [-0.15, -0.1) is 24.0 Å². The van der Waals surface area contributed by atoms with Gasteiger partial charge in [-0.2, -0.15) is 5.26 Å². The zero-order chi connectivity index (χ0) is 20.6. The summed E-state index contributed by atoms with van der Waals surface area (Å²) in [4.78, 5) is 6.62. The number of piperidine rings is 1. The van der Waals surface area contributed by atoms with Crippen molar-refractivity contribution in [3.63, 3.8) is 0 Å². The van der Waals surface area contributed by atoms with Gasteiger partial charge in [0.15, 0.2) is 5.96 Å². The van der Waals surface area contributed by atoms with Crippen molar-refractivity contribution in [1.82, 2.24) is 15.5 Å².